The number of nitrogens with zero attached hydrogens (tertiary/aromatic N) is 2. The van der Waals surface area contributed by atoms with Crippen LogP contribution in [0, 0.1) is 5.92 Å². The van der Waals surface area contributed by atoms with Crippen LogP contribution in [0.15, 0.2) is 27.8 Å². The van der Waals surface area contributed by atoms with Crippen molar-refractivity contribution in [1.82, 2.24) is 14.9 Å². The van der Waals surface area contributed by atoms with Gasteiger partial charge in [-0.05, 0) is 37.8 Å². The number of hydrogen-bond acceptors (Lipinski definition) is 4. The van der Waals surface area contributed by atoms with Gasteiger partial charge in [0.05, 0.1) is 12.0 Å². The molecular weight excluding hydrogens is 479 g/mol. The van der Waals surface area contributed by atoms with E-state index in [0.717, 1.165) is 44.1 Å². The second-order valence-corrected chi connectivity index (χ2v) is 9.32. The van der Waals surface area contributed by atoms with Crippen molar-refractivity contribution in [3.05, 3.63) is 24.2 Å². The number of aliphatic imine (C=N–C) groups is 1. The number of guanidine groups is 1. The Bertz CT molecular complexity index is 654. The first-order valence-corrected chi connectivity index (χ1v) is 11.1. The fourth-order valence-electron chi connectivity index (χ4n) is 2.84. The number of sulfonamides is 1. The summed E-state index contributed by atoms with van der Waals surface area (Å²) in [5, 5.41) is 6.83. The van der Waals surface area contributed by atoms with Gasteiger partial charge in [-0.15, -0.1) is 24.0 Å². The molecule has 0 aliphatic carbocycles. The van der Waals surface area contributed by atoms with Gasteiger partial charge in [0.25, 0.3) is 0 Å². The molecule has 0 saturated carbocycles. The lowest BCUT2D eigenvalue weighted by Crippen LogP contribution is -2.50. The van der Waals surface area contributed by atoms with E-state index in [1.165, 1.54) is 0 Å². The van der Waals surface area contributed by atoms with Crippen LogP contribution in [-0.2, 0) is 16.4 Å². The molecule has 1 saturated heterocycles. The predicted molar refractivity (Wildman–Crippen MR) is 120 cm³/mol. The molecule has 1 aromatic heterocycles. The minimum atomic E-state index is -3.08. The zero-order chi connectivity index (χ0) is 19.0. The standard InChI is InChI=1S/C18H32N4O3S.HI/c1-4-26(23,24)22-11-8-16(9-12-22)21-18(20-14-15(2)3)19-10-7-17-6-5-13-25-17;/h5-6,13,15-16H,4,7-12,14H2,1-3H3,(H2,19,20,21);1H. The average molecular weight is 512 g/mol. The van der Waals surface area contributed by atoms with Crippen molar-refractivity contribution in [1.29, 1.82) is 0 Å². The highest BCUT2D eigenvalue weighted by Crippen LogP contribution is 2.14. The maximum Gasteiger partial charge on any atom is 0.213 e. The van der Waals surface area contributed by atoms with Gasteiger partial charge in [0, 0.05) is 38.6 Å². The number of hydrogen-bond donors (Lipinski definition) is 2. The van der Waals surface area contributed by atoms with E-state index in [-0.39, 0.29) is 35.8 Å². The highest BCUT2D eigenvalue weighted by atomic mass is 127. The molecule has 1 fully saturated rings. The fourth-order valence-corrected chi connectivity index (χ4v) is 3.97. The topological polar surface area (TPSA) is 86.9 Å². The van der Waals surface area contributed by atoms with Gasteiger partial charge in [-0.2, -0.15) is 0 Å². The van der Waals surface area contributed by atoms with Crippen LogP contribution in [0.5, 0.6) is 0 Å². The van der Waals surface area contributed by atoms with Crippen LogP contribution in [0.25, 0.3) is 0 Å². The molecule has 27 heavy (non-hydrogen) atoms. The van der Waals surface area contributed by atoms with Gasteiger partial charge < -0.3 is 15.1 Å². The maximum absolute atomic E-state index is 12.0. The third-order valence-corrected chi connectivity index (χ3v) is 6.29. The van der Waals surface area contributed by atoms with Crippen LogP contribution in [0.4, 0.5) is 0 Å². The zero-order valence-electron chi connectivity index (χ0n) is 16.5. The van der Waals surface area contributed by atoms with Gasteiger partial charge in [0.15, 0.2) is 5.96 Å². The van der Waals surface area contributed by atoms with Gasteiger partial charge in [0.2, 0.25) is 10.0 Å². The summed E-state index contributed by atoms with van der Waals surface area (Å²) >= 11 is 0. The molecule has 0 amide bonds. The number of piperidine rings is 1. The molecule has 2 heterocycles. The quantitative estimate of drug-likeness (QED) is 0.318. The van der Waals surface area contributed by atoms with E-state index in [2.05, 4.69) is 29.5 Å². The van der Waals surface area contributed by atoms with Crippen LogP contribution in [-0.4, -0.2) is 56.7 Å². The van der Waals surface area contributed by atoms with Gasteiger partial charge in [0.1, 0.15) is 5.76 Å². The van der Waals surface area contributed by atoms with Crippen LogP contribution in [0.2, 0.25) is 0 Å². The van der Waals surface area contributed by atoms with E-state index in [1.807, 2.05) is 12.1 Å². The number of halogens is 1. The first-order chi connectivity index (χ1) is 12.4. The monoisotopic (exact) mass is 512 g/mol. The highest BCUT2D eigenvalue weighted by molar-refractivity contribution is 14.0. The molecular formula is C18H33IN4O3S. The van der Waals surface area contributed by atoms with Crippen LogP contribution < -0.4 is 10.6 Å². The van der Waals surface area contributed by atoms with Crippen molar-refractivity contribution >= 4 is 40.0 Å². The molecule has 2 rings (SSSR count). The summed E-state index contributed by atoms with van der Waals surface area (Å²) < 4.78 is 30.9. The molecule has 156 valence electrons. The Morgan fingerprint density at radius 1 is 1.37 bits per heavy atom. The third kappa shape index (κ3) is 8.39. The second kappa shape index (κ2) is 11.9. The first kappa shape index (κ1) is 24.2. The Labute approximate surface area is 180 Å². The molecule has 0 radical (unpaired) electrons. The Balaban J connectivity index is 0.00000364. The lowest BCUT2D eigenvalue weighted by atomic mass is 10.1. The molecule has 0 bridgehead atoms. The van der Waals surface area contributed by atoms with Gasteiger partial charge >= 0.3 is 0 Å². The van der Waals surface area contributed by atoms with E-state index in [9.17, 15) is 8.42 Å². The molecule has 1 aliphatic heterocycles. The smallest absolute Gasteiger partial charge is 0.213 e. The lowest BCUT2D eigenvalue weighted by molar-refractivity contribution is 0.306. The molecule has 7 nitrogen and oxygen atoms in total. The van der Waals surface area contributed by atoms with Crippen LogP contribution >= 0.6 is 24.0 Å². The molecule has 0 spiro atoms. The summed E-state index contributed by atoms with van der Waals surface area (Å²) in [7, 11) is -3.08. The number of furan rings is 1. The average Bonchev–Trinajstić information content (AvgIpc) is 3.13. The summed E-state index contributed by atoms with van der Waals surface area (Å²) in [6.45, 7) is 8.59. The Morgan fingerprint density at radius 3 is 2.63 bits per heavy atom. The summed E-state index contributed by atoms with van der Waals surface area (Å²) in [4.78, 5) is 4.65. The predicted octanol–water partition coefficient (Wildman–Crippen LogP) is 2.45. The summed E-state index contributed by atoms with van der Waals surface area (Å²) in [5.74, 6) is 2.39. The molecule has 2 N–H and O–H groups in total. The van der Waals surface area contributed by atoms with E-state index in [0.29, 0.717) is 19.0 Å². The van der Waals surface area contributed by atoms with Crippen LogP contribution in [0.3, 0.4) is 0 Å². The number of rotatable bonds is 8. The largest absolute Gasteiger partial charge is 0.469 e. The van der Waals surface area contributed by atoms with Crippen molar-refractivity contribution in [2.75, 3.05) is 31.9 Å². The minimum Gasteiger partial charge on any atom is -0.469 e. The summed E-state index contributed by atoms with van der Waals surface area (Å²) in [6.07, 6.45) is 4.06. The van der Waals surface area contributed by atoms with Crippen molar-refractivity contribution < 1.29 is 12.8 Å². The molecule has 1 aliphatic rings. The van der Waals surface area contributed by atoms with Gasteiger partial charge in [-0.3, -0.25) is 4.99 Å². The molecule has 0 atom stereocenters. The minimum absolute atomic E-state index is 0. The summed E-state index contributed by atoms with van der Waals surface area (Å²) in [6, 6.07) is 4.09. The third-order valence-electron chi connectivity index (χ3n) is 4.41. The molecule has 0 aromatic carbocycles. The Kier molecular flexibility index (Phi) is 10.7. The van der Waals surface area contributed by atoms with E-state index < -0.39 is 10.0 Å². The van der Waals surface area contributed by atoms with E-state index in [1.54, 1.807) is 17.5 Å². The molecule has 9 heteroatoms. The summed E-state index contributed by atoms with van der Waals surface area (Å²) in [5.41, 5.74) is 0. The maximum atomic E-state index is 12.0. The normalized spacial score (nSPS) is 17.0. The van der Waals surface area contributed by atoms with Crippen molar-refractivity contribution in [2.45, 2.75) is 46.1 Å². The van der Waals surface area contributed by atoms with Crippen molar-refractivity contribution in [2.24, 2.45) is 10.9 Å². The second-order valence-electron chi connectivity index (χ2n) is 7.06. The number of nitrogens with one attached hydrogen (secondary N) is 2. The first-order valence-electron chi connectivity index (χ1n) is 9.45. The fraction of sp³-hybridized carbons (Fsp3) is 0.722. The van der Waals surface area contributed by atoms with Gasteiger partial charge in [-0.25, -0.2) is 12.7 Å². The van der Waals surface area contributed by atoms with Gasteiger partial charge in [-0.1, -0.05) is 13.8 Å². The lowest BCUT2D eigenvalue weighted by Gasteiger charge is -2.32. The Morgan fingerprint density at radius 2 is 2.07 bits per heavy atom. The zero-order valence-corrected chi connectivity index (χ0v) is 19.6. The van der Waals surface area contributed by atoms with Crippen LogP contribution in [0.1, 0.15) is 39.4 Å². The SMILES string of the molecule is CCS(=O)(=O)N1CCC(NC(=NCC(C)C)NCCc2ccco2)CC1.I. The van der Waals surface area contributed by atoms with E-state index >= 15 is 0 Å². The Hall–Kier alpha value is -0.810. The molecule has 1 aromatic rings. The molecule has 0 unspecified atom stereocenters. The van der Waals surface area contributed by atoms with Crippen molar-refractivity contribution in [3.63, 3.8) is 0 Å². The van der Waals surface area contributed by atoms with Crippen molar-refractivity contribution in [3.8, 4) is 0 Å². The van der Waals surface area contributed by atoms with E-state index in [4.69, 9.17) is 4.42 Å². The highest BCUT2D eigenvalue weighted by Gasteiger charge is 2.27.